The molecule has 1 amide bonds. The van der Waals surface area contributed by atoms with E-state index in [1.165, 1.54) is 24.2 Å². The van der Waals surface area contributed by atoms with Crippen LogP contribution in [0.5, 0.6) is 11.5 Å². The van der Waals surface area contributed by atoms with Crippen LogP contribution in [0.15, 0.2) is 46.4 Å². The van der Waals surface area contributed by atoms with E-state index in [0.29, 0.717) is 29.7 Å². The molecule has 3 aromatic rings. The maximum absolute atomic E-state index is 13.6. The third-order valence-corrected chi connectivity index (χ3v) is 7.22. The number of methoxy groups -OCH3 is 2. The minimum Gasteiger partial charge on any atom is -0.493 e. The highest BCUT2D eigenvalue weighted by Crippen LogP contribution is 2.36. The maximum Gasteiger partial charge on any atom is 0.274 e. The summed E-state index contributed by atoms with van der Waals surface area (Å²) in [5, 5.41) is 0. The fraction of sp³-hybridized carbons (Fsp3) is 0.360. The van der Waals surface area contributed by atoms with Crippen LogP contribution < -0.4 is 9.47 Å². The molecule has 7 heteroatoms. The second kappa shape index (κ2) is 10.0. The number of thiazole rings is 1. The van der Waals surface area contributed by atoms with Crippen LogP contribution in [0.2, 0.25) is 0 Å². The zero-order valence-electron chi connectivity index (χ0n) is 18.6. The Balaban J connectivity index is 1.57. The SMILES string of the molecule is COc1ccc(CCN(CC2CC2)C(=O)c2nc(Br)sc2-c2cccc(C)c2)cc1OC. The van der Waals surface area contributed by atoms with Crippen LogP contribution >= 0.6 is 27.3 Å². The number of nitrogens with zero attached hydrogens (tertiary/aromatic N) is 2. The lowest BCUT2D eigenvalue weighted by Crippen LogP contribution is -2.35. The molecule has 0 N–H and O–H groups in total. The van der Waals surface area contributed by atoms with Gasteiger partial charge in [0.15, 0.2) is 15.4 Å². The van der Waals surface area contributed by atoms with Gasteiger partial charge in [0.1, 0.15) is 5.69 Å². The van der Waals surface area contributed by atoms with Gasteiger partial charge in [-0.05, 0) is 71.3 Å². The smallest absolute Gasteiger partial charge is 0.274 e. The van der Waals surface area contributed by atoms with Crippen molar-refractivity contribution in [2.45, 2.75) is 26.2 Å². The van der Waals surface area contributed by atoms with E-state index < -0.39 is 0 Å². The molecule has 4 rings (SSSR count). The van der Waals surface area contributed by atoms with E-state index in [9.17, 15) is 4.79 Å². The predicted octanol–water partition coefficient (Wildman–Crippen LogP) is 5.99. The van der Waals surface area contributed by atoms with Crippen molar-refractivity contribution in [2.24, 2.45) is 5.92 Å². The highest BCUT2D eigenvalue weighted by Gasteiger charge is 2.30. The number of hydrogen-bond donors (Lipinski definition) is 0. The Morgan fingerprint density at radius 2 is 1.94 bits per heavy atom. The number of benzene rings is 2. The van der Waals surface area contributed by atoms with Crippen molar-refractivity contribution in [1.29, 1.82) is 0 Å². The van der Waals surface area contributed by atoms with Crippen molar-refractivity contribution in [2.75, 3.05) is 27.3 Å². The molecule has 1 fully saturated rings. The second-order valence-electron chi connectivity index (χ2n) is 8.15. The third kappa shape index (κ3) is 5.33. The Morgan fingerprint density at radius 1 is 1.16 bits per heavy atom. The molecule has 168 valence electrons. The lowest BCUT2D eigenvalue weighted by atomic mass is 10.1. The molecular weight excluding hydrogens is 488 g/mol. The zero-order valence-corrected chi connectivity index (χ0v) is 21.0. The first kappa shape index (κ1) is 22.8. The molecule has 32 heavy (non-hydrogen) atoms. The van der Waals surface area contributed by atoms with Crippen LogP contribution in [0, 0.1) is 12.8 Å². The predicted molar refractivity (Wildman–Crippen MR) is 132 cm³/mol. The molecule has 0 radical (unpaired) electrons. The molecule has 5 nitrogen and oxygen atoms in total. The van der Waals surface area contributed by atoms with Gasteiger partial charge >= 0.3 is 0 Å². The first-order valence-electron chi connectivity index (χ1n) is 10.7. The lowest BCUT2D eigenvalue weighted by molar-refractivity contribution is 0.0745. The summed E-state index contributed by atoms with van der Waals surface area (Å²) in [6.45, 7) is 3.46. The van der Waals surface area contributed by atoms with Crippen molar-refractivity contribution in [3.8, 4) is 21.9 Å². The number of rotatable bonds is 9. The van der Waals surface area contributed by atoms with Crippen molar-refractivity contribution in [3.05, 3.63) is 63.2 Å². The number of ether oxygens (including phenoxy) is 2. The molecule has 0 spiro atoms. The van der Waals surface area contributed by atoms with Gasteiger partial charge in [0.05, 0.1) is 19.1 Å². The van der Waals surface area contributed by atoms with E-state index in [1.807, 2.05) is 35.2 Å². The fourth-order valence-corrected chi connectivity index (χ4v) is 5.20. The van der Waals surface area contributed by atoms with Crippen molar-refractivity contribution < 1.29 is 14.3 Å². The summed E-state index contributed by atoms with van der Waals surface area (Å²) in [7, 11) is 3.27. The van der Waals surface area contributed by atoms with Gasteiger partial charge < -0.3 is 14.4 Å². The van der Waals surface area contributed by atoms with Gasteiger partial charge in [-0.1, -0.05) is 35.9 Å². The second-order valence-corrected chi connectivity index (χ2v) is 10.4. The van der Waals surface area contributed by atoms with E-state index in [-0.39, 0.29) is 5.91 Å². The largest absolute Gasteiger partial charge is 0.493 e. The molecule has 1 aromatic heterocycles. The lowest BCUT2D eigenvalue weighted by Gasteiger charge is -2.23. The molecule has 1 aliphatic carbocycles. The first-order chi connectivity index (χ1) is 15.5. The van der Waals surface area contributed by atoms with Gasteiger partial charge in [0.2, 0.25) is 0 Å². The fourth-order valence-electron chi connectivity index (χ4n) is 3.76. The molecule has 2 aromatic carbocycles. The Labute approximate surface area is 201 Å². The monoisotopic (exact) mass is 514 g/mol. The molecule has 0 bridgehead atoms. The van der Waals surface area contributed by atoms with Gasteiger partial charge in [-0.3, -0.25) is 4.79 Å². The van der Waals surface area contributed by atoms with Gasteiger partial charge in [-0.25, -0.2) is 4.98 Å². The summed E-state index contributed by atoms with van der Waals surface area (Å²) in [5.74, 6) is 2.00. The Bertz CT molecular complexity index is 1110. The van der Waals surface area contributed by atoms with E-state index >= 15 is 0 Å². The van der Waals surface area contributed by atoms with Gasteiger partial charge in [0, 0.05) is 13.1 Å². The van der Waals surface area contributed by atoms with Crippen LogP contribution in [0.1, 0.15) is 34.5 Å². The molecule has 0 atom stereocenters. The number of carbonyl (C=O) groups excluding carboxylic acids is 1. The number of hydrogen-bond acceptors (Lipinski definition) is 5. The molecule has 0 unspecified atom stereocenters. The standard InChI is InChI=1S/C25H27BrN2O3S/c1-16-5-4-6-19(13-16)23-22(27-25(26)32-23)24(29)28(15-18-7-8-18)12-11-17-9-10-20(30-2)21(14-17)31-3/h4-6,9-10,13-14,18H,7-8,11-12,15H2,1-3H3. The Morgan fingerprint density at radius 3 is 2.62 bits per heavy atom. The maximum atomic E-state index is 13.6. The number of amides is 1. The minimum atomic E-state index is -0.00386. The van der Waals surface area contributed by atoms with E-state index in [2.05, 4.69) is 40.0 Å². The van der Waals surface area contributed by atoms with Gasteiger partial charge in [0.25, 0.3) is 5.91 Å². The summed E-state index contributed by atoms with van der Waals surface area (Å²) in [4.78, 5) is 21.1. The van der Waals surface area contributed by atoms with Gasteiger partial charge in [-0.2, -0.15) is 0 Å². The summed E-state index contributed by atoms with van der Waals surface area (Å²) < 4.78 is 11.5. The molecule has 1 saturated carbocycles. The minimum absolute atomic E-state index is 0.00386. The molecule has 1 aliphatic rings. The van der Waals surface area contributed by atoms with Crippen molar-refractivity contribution in [1.82, 2.24) is 9.88 Å². The van der Waals surface area contributed by atoms with E-state index in [1.54, 1.807) is 14.2 Å². The molecular formula is C25H27BrN2O3S. The molecule has 0 aliphatic heterocycles. The normalized spacial score (nSPS) is 13.1. The highest BCUT2D eigenvalue weighted by molar-refractivity contribution is 9.11. The Hall–Kier alpha value is -2.38. The van der Waals surface area contributed by atoms with Crippen LogP contribution in [0.4, 0.5) is 0 Å². The summed E-state index contributed by atoms with van der Waals surface area (Å²) in [6.07, 6.45) is 3.11. The number of halogens is 1. The quantitative estimate of drug-likeness (QED) is 0.351. The Kier molecular flexibility index (Phi) is 7.16. The third-order valence-electron chi connectivity index (χ3n) is 5.66. The first-order valence-corrected chi connectivity index (χ1v) is 12.3. The summed E-state index contributed by atoms with van der Waals surface area (Å²) in [5.41, 5.74) is 3.83. The van der Waals surface area contributed by atoms with Crippen molar-refractivity contribution in [3.63, 3.8) is 0 Å². The number of aryl methyl sites for hydroxylation is 1. The molecule has 0 saturated heterocycles. The molecule has 1 heterocycles. The van der Waals surface area contributed by atoms with E-state index in [4.69, 9.17) is 9.47 Å². The van der Waals surface area contributed by atoms with E-state index in [0.717, 1.165) is 38.4 Å². The summed E-state index contributed by atoms with van der Waals surface area (Å²) in [6, 6.07) is 14.1. The number of aromatic nitrogens is 1. The highest BCUT2D eigenvalue weighted by atomic mass is 79.9. The van der Waals surface area contributed by atoms with Gasteiger partial charge in [-0.15, -0.1) is 11.3 Å². The van der Waals surface area contributed by atoms with Crippen LogP contribution in [-0.4, -0.2) is 43.1 Å². The zero-order chi connectivity index (χ0) is 22.7. The topological polar surface area (TPSA) is 51.7 Å². The van der Waals surface area contributed by atoms with Crippen molar-refractivity contribution >= 4 is 33.2 Å². The van der Waals surface area contributed by atoms with Crippen LogP contribution in [0.3, 0.4) is 0 Å². The average Bonchev–Trinajstić information content (AvgIpc) is 3.54. The van der Waals surface area contributed by atoms with Crippen LogP contribution in [0.25, 0.3) is 10.4 Å². The average molecular weight is 515 g/mol. The number of carbonyl (C=O) groups is 1. The van der Waals surface area contributed by atoms with Crippen LogP contribution in [-0.2, 0) is 6.42 Å². The summed E-state index contributed by atoms with van der Waals surface area (Å²) >= 11 is 5.00.